The van der Waals surface area contributed by atoms with Gasteiger partial charge in [0.15, 0.2) is 0 Å². The first-order valence-electron chi connectivity index (χ1n) is 9.88. The van der Waals surface area contributed by atoms with Crippen molar-refractivity contribution in [2.75, 3.05) is 0 Å². The van der Waals surface area contributed by atoms with Gasteiger partial charge >= 0.3 is 0 Å². The van der Waals surface area contributed by atoms with Crippen molar-refractivity contribution in [2.24, 2.45) is 5.41 Å². The maximum Gasteiger partial charge on any atom is -0.0348 e. The van der Waals surface area contributed by atoms with Crippen LogP contribution < -0.4 is 0 Å². The van der Waals surface area contributed by atoms with Crippen molar-refractivity contribution < 1.29 is 0 Å². The Labute approximate surface area is 141 Å². The van der Waals surface area contributed by atoms with E-state index in [4.69, 9.17) is 0 Å². The van der Waals surface area contributed by atoms with Crippen LogP contribution in [-0.2, 0) is 0 Å². The van der Waals surface area contributed by atoms with Crippen LogP contribution in [0.4, 0.5) is 0 Å². The van der Waals surface area contributed by atoms with E-state index >= 15 is 0 Å². The maximum atomic E-state index is 2.35. The van der Waals surface area contributed by atoms with Crippen LogP contribution in [0.3, 0.4) is 0 Å². The minimum Gasteiger partial charge on any atom is -0.0845 e. The molecule has 22 heavy (non-hydrogen) atoms. The molecule has 0 aromatic carbocycles. The van der Waals surface area contributed by atoms with Crippen molar-refractivity contribution in [1.29, 1.82) is 0 Å². The van der Waals surface area contributed by atoms with Gasteiger partial charge in [-0.2, -0.15) is 0 Å². The van der Waals surface area contributed by atoms with Crippen LogP contribution in [-0.4, -0.2) is 0 Å². The van der Waals surface area contributed by atoms with Crippen molar-refractivity contribution >= 4 is 0 Å². The summed E-state index contributed by atoms with van der Waals surface area (Å²) in [5.74, 6) is 0. The molecule has 0 spiro atoms. The number of rotatable bonds is 14. The fraction of sp³-hybridized carbons (Fsp3) is 0.818. The average molecular weight is 307 g/mol. The molecule has 0 aliphatic heterocycles. The second-order valence-corrected chi connectivity index (χ2v) is 7.93. The topological polar surface area (TPSA) is 0 Å². The third kappa shape index (κ3) is 19.5. The van der Waals surface area contributed by atoms with Gasteiger partial charge in [0.2, 0.25) is 0 Å². The van der Waals surface area contributed by atoms with E-state index in [1.165, 1.54) is 83.5 Å². The third-order valence-electron chi connectivity index (χ3n) is 4.16. The zero-order chi connectivity index (χ0) is 16.5. The zero-order valence-corrected chi connectivity index (χ0v) is 16.0. The highest BCUT2D eigenvalue weighted by Crippen LogP contribution is 2.22. The molecule has 130 valence electrons. The molecule has 0 rings (SSSR count). The SMILES string of the molecule is CCCCCC/C=C\C=C\CCCCCCCCC(C)(C)C. The minimum absolute atomic E-state index is 0.522. The van der Waals surface area contributed by atoms with Crippen molar-refractivity contribution in [3.05, 3.63) is 24.3 Å². The van der Waals surface area contributed by atoms with Crippen molar-refractivity contribution in [2.45, 2.75) is 111 Å². The Balaban J connectivity index is 3.22. The monoisotopic (exact) mass is 306 g/mol. The van der Waals surface area contributed by atoms with E-state index in [0.717, 1.165) is 0 Å². The first kappa shape index (κ1) is 21.5. The van der Waals surface area contributed by atoms with Crippen molar-refractivity contribution in [3.63, 3.8) is 0 Å². The van der Waals surface area contributed by atoms with E-state index in [2.05, 4.69) is 52.0 Å². The Bertz CT molecular complexity index is 264. The van der Waals surface area contributed by atoms with Crippen LogP contribution in [0.2, 0.25) is 0 Å². The Morgan fingerprint density at radius 1 is 0.591 bits per heavy atom. The quantitative estimate of drug-likeness (QED) is 0.224. The van der Waals surface area contributed by atoms with Gasteiger partial charge in [0.05, 0.1) is 0 Å². The predicted molar refractivity (Wildman–Crippen MR) is 103 cm³/mol. The first-order valence-corrected chi connectivity index (χ1v) is 9.88. The molecule has 0 aliphatic rings. The Morgan fingerprint density at radius 3 is 1.55 bits per heavy atom. The number of unbranched alkanes of at least 4 members (excludes halogenated alkanes) is 10. The molecule has 0 radical (unpaired) electrons. The molecule has 0 saturated carbocycles. The van der Waals surface area contributed by atoms with Gasteiger partial charge in [0, 0.05) is 0 Å². The first-order chi connectivity index (χ1) is 10.6. The number of hydrogen-bond acceptors (Lipinski definition) is 0. The molecule has 0 saturated heterocycles. The fourth-order valence-corrected chi connectivity index (χ4v) is 2.66. The summed E-state index contributed by atoms with van der Waals surface area (Å²) in [6.07, 6.45) is 26.9. The number of allylic oxidation sites excluding steroid dienone is 4. The lowest BCUT2D eigenvalue weighted by atomic mass is 9.89. The Morgan fingerprint density at radius 2 is 1.05 bits per heavy atom. The van der Waals surface area contributed by atoms with E-state index in [0.29, 0.717) is 5.41 Å². The molecule has 0 aromatic heterocycles. The lowest BCUT2D eigenvalue weighted by molar-refractivity contribution is 0.356. The fourth-order valence-electron chi connectivity index (χ4n) is 2.66. The van der Waals surface area contributed by atoms with Crippen LogP contribution >= 0.6 is 0 Å². The summed E-state index contributed by atoms with van der Waals surface area (Å²) in [4.78, 5) is 0. The predicted octanol–water partition coefficient (Wildman–Crippen LogP) is 8.24. The molecule has 0 heterocycles. The molecule has 0 N–H and O–H groups in total. The van der Waals surface area contributed by atoms with Crippen molar-refractivity contribution in [1.82, 2.24) is 0 Å². The highest BCUT2D eigenvalue weighted by Gasteiger charge is 2.08. The average Bonchev–Trinajstić information content (AvgIpc) is 2.45. The van der Waals surface area contributed by atoms with Crippen LogP contribution in [0.15, 0.2) is 24.3 Å². The van der Waals surface area contributed by atoms with Crippen LogP contribution in [0, 0.1) is 5.41 Å². The molecule has 0 atom stereocenters. The highest BCUT2D eigenvalue weighted by atomic mass is 14.1. The molecule has 0 fully saturated rings. The minimum atomic E-state index is 0.522. The molecule has 0 aromatic rings. The van der Waals surface area contributed by atoms with E-state index in [9.17, 15) is 0 Å². The lowest BCUT2D eigenvalue weighted by Crippen LogP contribution is -2.03. The Hall–Kier alpha value is -0.520. The molecular formula is C22H42. The van der Waals surface area contributed by atoms with Crippen LogP contribution in [0.25, 0.3) is 0 Å². The van der Waals surface area contributed by atoms with Crippen molar-refractivity contribution in [3.8, 4) is 0 Å². The summed E-state index contributed by atoms with van der Waals surface area (Å²) < 4.78 is 0. The lowest BCUT2D eigenvalue weighted by Gasteiger charge is -2.17. The standard InChI is InChI=1S/C22H42/c1-5-6-7-8-9-10-11-12-13-14-15-16-17-18-19-20-21-22(2,3)4/h10-13H,5-9,14-21H2,1-4H3/b11-10-,13-12+. The normalized spacial score (nSPS) is 12.7. The molecular weight excluding hydrogens is 264 g/mol. The largest absolute Gasteiger partial charge is 0.0845 e. The zero-order valence-electron chi connectivity index (χ0n) is 16.0. The van der Waals surface area contributed by atoms with Crippen LogP contribution in [0.5, 0.6) is 0 Å². The third-order valence-corrected chi connectivity index (χ3v) is 4.16. The molecule has 0 unspecified atom stereocenters. The maximum absolute atomic E-state index is 2.35. The molecule has 0 heteroatoms. The van der Waals surface area contributed by atoms with Crippen LogP contribution in [0.1, 0.15) is 111 Å². The second kappa shape index (κ2) is 15.4. The van der Waals surface area contributed by atoms with Gasteiger partial charge in [-0.25, -0.2) is 0 Å². The van der Waals surface area contributed by atoms with Gasteiger partial charge < -0.3 is 0 Å². The summed E-state index contributed by atoms with van der Waals surface area (Å²) in [6, 6.07) is 0. The number of hydrogen-bond donors (Lipinski definition) is 0. The van der Waals surface area contributed by atoms with Gasteiger partial charge in [-0.3, -0.25) is 0 Å². The van der Waals surface area contributed by atoms with E-state index in [-0.39, 0.29) is 0 Å². The highest BCUT2D eigenvalue weighted by molar-refractivity contribution is 5.02. The summed E-state index contributed by atoms with van der Waals surface area (Å²) in [5, 5.41) is 0. The summed E-state index contributed by atoms with van der Waals surface area (Å²) in [5.41, 5.74) is 0.522. The molecule has 0 nitrogen and oxygen atoms in total. The molecule has 0 amide bonds. The van der Waals surface area contributed by atoms with Gasteiger partial charge in [0.1, 0.15) is 0 Å². The molecule has 0 aliphatic carbocycles. The molecule has 0 bridgehead atoms. The van der Waals surface area contributed by atoms with E-state index in [1.807, 2.05) is 0 Å². The summed E-state index contributed by atoms with van der Waals surface area (Å²) in [7, 11) is 0. The summed E-state index contributed by atoms with van der Waals surface area (Å²) in [6.45, 7) is 9.31. The van der Waals surface area contributed by atoms with Gasteiger partial charge in [-0.1, -0.05) is 103 Å². The summed E-state index contributed by atoms with van der Waals surface area (Å²) >= 11 is 0. The van der Waals surface area contributed by atoms with E-state index in [1.54, 1.807) is 0 Å². The van der Waals surface area contributed by atoms with E-state index < -0.39 is 0 Å². The second-order valence-electron chi connectivity index (χ2n) is 7.93. The van der Waals surface area contributed by atoms with Gasteiger partial charge in [-0.05, 0) is 37.5 Å². The smallest absolute Gasteiger partial charge is 0.0348 e. The van der Waals surface area contributed by atoms with Gasteiger partial charge in [0.25, 0.3) is 0 Å². The van der Waals surface area contributed by atoms with Gasteiger partial charge in [-0.15, -0.1) is 0 Å². The Kier molecular flexibility index (Phi) is 15.0.